The van der Waals surface area contributed by atoms with E-state index in [2.05, 4.69) is 10.6 Å². The Morgan fingerprint density at radius 3 is 2.02 bits per heavy atom. The van der Waals surface area contributed by atoms with Gasteiger partial charge in [-0.1, -0.05) is 92.7 Å². The van der Waals surface area contributed by atoms with E-state index < -0.39 is 23.2 Å². The Morgan fingerprint density at radius 1 is 0.857 bits per heavy atom. The molecule has 2 saturated heterocycles. The first-order chi connectivity index (χ1) is 20.0. The summed E-state index contributed by atoms with van der Waals surface area (Å²) in [5.74, 6) is -2.36. The van der Waals surface area contributed by atoms with Crippen molar-refractivity contribution in [3.8, 4) is 0 Å². The van der Waals surface area contributed by atoms with Gasteiger partial charge in [-0.15, -0.1) is 0 Å². The Balaban J connectivity index is 1.46. The first-order valence-electron chi connectivity index (χ1n) is 14.4. The lowest BCUT2D eigenvalue weighted by atomic mass is 9.85. The first-order valence-corrected chi connectivity index (χ1v) is 14.4. The number of likely N-dealkylation sites (tertiary alicyclic amines) is 1. The molecule has 42 heavy (non-hydrogen) atoms. The van der Waals surface area contributed by atoms with E-state index in [0.717, 1.165) is 5.56 Å². The van der Waals surface area contributed by atoms with E-state index in [1.54, 1.807) is 13.8 Å². The second-order valence-corrected chi connectivity index (χ2v) is 11.5. The van der Waals surface area contributed by atoms with E-state index in [9.17, 15) is 19.2 Å². The van der Waals surface area contributed by atoms with Crippen LogP contribution in [0.3, 0.4) is 0 Å². The SMILES string of the molecule is CC1(C)OCC(C)(C)[C@H](C(=O)NCCC(=O)NCCCN2C(=O)CC(c3ccccccccccccc3)C2=O)O1. The fourth-order valence-electron chi connectivity index (χ4n) is 4.64. The number of hydrogen-bond acceptors (Lipinski definition) is 6. The van der Waals surface area contributed by atoms with Crippen LogP contribution in [0.2, 0.25) is 0 Å². The van der Waals surface area contributed by atoms with Gasteiger partial charge >= 0.3 is 0 Å². The fourth-order valence-corrected chi connectivity index (χ4v) is 4.64. The zero-order valence-corrected chi connectivity index (χ0v) is 25.0. The van der Waals surface area contributed by atoms with E-state index >= 15 is 0 Å². The first kappa shape index (κ1) is 32.7. The lowest BCUT2D eigenvalue weighted by molar-refractivity contribution is -0.304. The van der Waals surface area contributed by atoms with Crippen LogP contribution in [0, 0.1) is 5.41 Å². The summed E-state index contributed by atoms with van der Waals surface area (Å²) in [5.41, 5.74) is 0.264. The summed E-state index contributed by atoms with van der Waals surface area (Å²) in [7, 11) is 0. The maximum Gasteiger partial charge on any atom is 0.249 e. The van der Waals surface area contributed by atoms with Crippen molar-refractivity contribution in [2.24, 2.45) is 5.41 Å². The Kier molecular flexibility index (Phi) is 12.0. The van der Waals surface area contributed by atoms with Gasteiger partial charge in [0.1, 0.15) is 6.10 Å². The molecule has 2 atom stereocenters. The Morgan fingerprint density at radius 2 is 1.43 bits per heavy atom. The van der Waals surface area contributed by atoms with Crippen molar-refractivity contribution < 1.29 is 28.7 Å². The van der Waals surface area contributed by atoms with Crippen LogP contribution in [-0.4, -0.2) is 66.7 Å². The minimum absolute atomic E-state index is 0.103. The van der Waals surface area contributed by atoms with Gasteiger partial charge in [0.05, 0.1) is 12.5 Å². The van der Waals surface area contributed by atoms with Gasteiger partial charge in [-0.05, 0) is 25.8 Å². The fraction of sp³-hybridized carbons (Fsp3) is 0.455. The van der Waals surface area contributed by atoms with Crippen molar-refractivity contribution in [2.45, 2.75) is 64.8 Å². The van der Waals surface area contributed by atoms with Gasteiger partial charge in [0.25, 0.3) is 0 Å². The molecule has 0 saturated carbocycles. The molecule has 0 bridgehead atoms. The van der Waals surface area contributed by atoms with Crippen LogP contribution >= 0.6 is 0 Å². The van der Waals surface area contributed by atoms with E-state index in [4.69, 9.17) is 9.47 Å². The van der Waals surface area contributed by atoms with Gasteiger partial charge < -0.3 is 20.1 Å². The van der Waals surface area contributed by atoms with Crippen molar-refractivity contribution in [3.63, 3.8) is 0 Å². The molecule has 2 aliphatic rings. The largest absolute Gasteiger partial charge is 0.356 e. The third kappa shape index (κ3) is 9.92. The van der Waals surface area contributed by atoms with E-state index in [0.29, 0.717) is 19.6 Å². The number of imide groups is 1. The monoisotopic (exact) mass is 577 g/mol. The summed E-state index contributed by atoms with van der Waals surface area (Å²) in [4.78, 5) is 52.1. The lowest BCUT2D eigenvalue weighted by Gasteiger charge is -2.44. The highest BCUT2D eigenvalue weighted by Crippen LogP contribution is 2.35. The molecular formula is C33H43N3O6. The molecule has 1 aromatic rings. The van der Waals surface area contributed by atoms with Gasteiger partial charge in [0.15, 0.2) is 5.79 Å². The molecule has 0 spiro atoms. The summed E-state index contributed by atoms with van der Waals surface area (Å²) in [6.45, 7) is 8.42. The Bertz CT molecular complexity index is 1210. The average molecular weight is 578 g/mol. The molecule has 4 amide bonds. The van der Waals surface area contributed by atoms with Gasteiger partial charge in [0, 0.05) is 37.9 Å². The van der Waals surface area contributed by atoms with Gasteiger partial charge in [0.2, 0.25) is 23.6 Å². The molecule has 1 aromatic carbocycles. The minimum Gasteiger partial charge on any atom is -0.356 e. The van der Waals surface area contributed by atoms with Crippen LogP contribution in [0.5, 0.6) is 0 Å². The van der Waals surface area contributed by atoms with E-state index in [-0.39, 0.29) is 49.6 Å². The topological polar surface area (TPSA) is 114 Å². The molecule has 0 radical (unpaired) electrons. The molecule has 226 valence electrons. The standard InChI is InChI=1S/C33H43N3O6/c1-32(2)24-41-33(3,4)42-29(32)30(39)35-21-19-27(37)34-20-16-22-36-28(38)23-26(31(36)40)25-17-14-12-10-8-6-5-7-9-11-13-15-18-25/h5-15,17-18,26,29H,16,19-24H2,1-4H3,(H,34,37)(H,35,39)/t26?,29-/m0/s1. The van der Waals surface area contributed by atoms with Crippen LogP contribution in [0.4, 0.5) is 0 Å². The van der Waals surface area contributed by atoms with Gasteiger partial charge in [-0.25, -0.2) is 0 Å². The molecular weight excluding hydrogens is 534 g/mol. The van der Waals surface area contributed by atoms with Crippen LogP contribution < -0.4 is 10.6 Å². The summed E-state index contributed by atoms with van der Waals surface area (Å²) in [5, 5.41) is 5.58. The summed E-state index contributed by atoms with van der Waals surface area (Å²) < 4.78 is 11.5. The van der Waals surface area contributed by atoms with Crippen molar-refractivity contribution in [1.82, 2.24) is 15.5 Å². The smallest absolute Gasteiger partial charge is 0.249 e. The minimum atomic E-state index is -0.853. The van der Waals surface area contributed by atoms with Crippen LogP contribution in [0.25, 0.3) is 0 Å². The second-order valence-electron chi connectivity index (χ2n) is 11.5. The third-order valence-corrected chi connectivity index (χ3v) is 7.01. The van der Waals surface area contributed by atoms with Gasteiger partial charge in [-0.2, -0.15) is 0 Å². The number of hydrogen-bond donors (Lipinski definition) is 2. The number of carbonyl (C=O) groups is 4. The highest BCUT2D eigenvalue weighted by molar-refractivity contribution is 6.06. The normalized spacial score (nSPS) is 20.6. The highest BCUT2D eigenvalue weighted by Gasteiger charge is 2.45. The molecule has 2 aliphatic heterocycles. The number of nitrogens with zero attached hydrogens (tertiary/aromatic N) is 1. The number of ether oxygens (including phenoxy) is 2. The maximum atomic E-state index is 13.1. The van der Waals surface area contributed by atoms with Crippen molar-refractivity contribution in [2.75, 3.05) is 26.2 Å². The molecule has 9 heteroatoms. The number of rotatable bonds is 9. The van der Waals surface area contributed by atoms with Crippen LogP contribution in [0.1, 0.15) is 58.4 Å². The molecule has 2 N–H and O–H groups in total. The average Bonchev–Trinajstić information content (AvgIpc) is 3.22. The second kappa shape index (κ2) is 15.4. The third-order valence-electron chi connectivity index (χ3n) is 7.01. The Hall–Kier alpha value is -3.82. The molecule has 1 unspecified atom stereocenters. The van der Waals surface area contributed by atoms with Crippen molar-refractivity contribution in [1.29, 1.82) is 0 Å². The number of nitrogens with one attached hydrogen (secondary N) is 2. The number of carbonyl (C=O) groups excluding carboxylic acids is 4. The molecule has 2 fully saturated rings. The van der Waals surface area contributed by atoms with Crippen LogP contribution in [-0.2, 0) is 28.7 Å². The Labute approximate surface area is 248 Å². The van der Waals surface area contributed by atoms with E-state index in [1.807, 2.05) is 92.7 Å². The van der Waals surface area contributed by atoms with E-state index in [1.165, 1.54) is 4.90 Å². The van der Waals surface area contributed by atoms with Crippen molar-refractivity contribution >= 4 is 23.6 Å². The predicted molar refractivity (Wildman–Crippen MR) is 160 cm³/mol. The zero-order chi connectivity index (χ0) is 30.6. The summed E-state index contributed by atoms with van der Waals surface area (Å²) in [6, 6.07) is 24.5. The summed E-state index contributed by atoms with van der Waals surface area (Å²) >= 11 is 0. The maximum absolute atomic E-state index is 13.1. The molecule has 2 heterocycles. The highest BCUT2D eigenvalue weighted by atomic mass is 16.7. The van der Waals surface area contributed by atoms with Gasteiger partial charge in [-0.3, -0.25) is 24.1 Å². The molecule has 9 nitrogen and oxygen atoms in total. The zero-order valence-electron chi connectivity index (χ0n) is 25.0. The van der Waals surface area contributed by atoms with Crippen molar-refractivity contribution in [3.05, 3.63) is 84.4 Å². The number of amides is 4. The molecule has 3 rings (SSSR count). The predicted octanol–water partition coefficient (Wildman–Crippen LogP) is 3.97. The quantitative estimate of drug-likeness (QED) is 0.339. The van der Waals surface area contributed by atoms with Crippen LogP contribution in [0.15, 0.2) is 78.9 Å². The molecule has 0 aromatic heterocycles. The lowest BCUT2D eigenvalue weighted by Crippen LogP contribution is -2.56. The molecule has 0 aliphatic carbocycles. The summed E-state index contributed by atoms with van der Waals surface area (Å²) in [6.07, 6.45) is -0.0361.